The molecule has 0 radical (unpaired) electrons. The summed E-state index contributed by atoms with van der Waals surface area (Å²) in [6.07, 6.45) is 3.71. The van der Waals surface area contributed by atoms with Gasteiger partial charge in [-0.25, -0.2) is 4.98 Å². The van der Waals surface area contributed by atoms with E-state index < -0.39 is 4.92 Å². The highest BCUT2D eigenvalue weighted by Gasteiger charge is 2.24. The van der Waals surface area contributed by atoms with E-state index in [2.05, 4.69) is 26.6 Å². The molecular weight excluding hydrogens is 328 g/mol. The molecule has 8 heteroatoms. The van der Waals surface area contributed by atoms with Crippen LogP contribution in [0, 0.1) is 17.0 Å². The number of aromatic nitrogens is 2. The van der Waals surface area contributed by atoms with E-state index >= 15 is 0 Å². The summed E-state index contributed by atoms with van der Waals surface area (Å²) in [6.45, 7) is 4.99. The van der Waals surface area contributed by atoms with Gasteiger partial charge in [0.05, 0.1) is 11.8 Å². The number of thiazole rings is 1. The molecule has 0 aromatic carbocycles. The van der Waals surface area contributed by atoms with Crippen molar-refractivity contribution in [2.45, 2.75) is 32.7 Å². The first-order valence-electron chi connectivity index (χ1n) is 8.06. The summed E-state index contributed by atoms with van der Waals surface area (Å²) in [5.41, 5.74) is 2.89. The summed E-state index contributed by atoms with van der Waals surface area (Å²) >= 11 is 1.58. The molecule has 4 heterocycles. The summed E-state index contributed by atoms with van der Waals surface area (Å²) in [4.78, 5) is 18.4. The first-order valence-corrected chi connectivity index (χ1v) is 8.94. The molecule has 1 aliphatic heterocycles. The second kappa shape index (κ2) is 6.03. The minimum atomic E-state index is -0.516. The molecule has 4 rings (SSSR count). The smallest absolute Gasteiger partial charge is 0.399 e. The van der Waals surface area contributed by atoms with Gasteiger partial charge >= 0.3 is 5.88 Å². The number of furan rings is 1. The number of fused-ring (bicyclic) bond motifs is 1. The third-order valence-electron chi connectivity index (χ3n) is 4.46. The Balaban J connectivity index is 1.78. The Morgan fingerprint density at radius 3 is 2.83 bits per heavy atom. The second-order valence-corrected chi connectivity index (χ2v) is 6.97. The number of hydrogen-bond acceptors (Lipinski definition) is 6. The fourth-order valence-corrected chi connectivity index (χ4v) is 4.18. The van der Waals surface area contributed by atoms with Crippen LogP contribution in [0.5, 0.6) is 0 Å². The largest absolute Gasteiger partial charge is 0.433 e. The van der Waals surface area contributed by atoms with E-state index in [9.17, 15) is 10.1 Å². The lowest BCUT2D eigenvalue weighted by atomic mass is 10.1. The van der Waals surface area contributed by atoms with Crippen LogP contribution in [0.2, 0.25) is 0 Å². The van der Waals surface area contributed by atoms with Crippen molar-refractivity contribution in [2.75, 3.05) is 13.1 Å². The molecule has 1 fully saturated rings. The number of hydrogen-bond donors (Lipinski definition) is 0. The Hall–Kier alpha value is -2.19. The molecule has 0 aliphatic carbocycles. The number of nitro groups is 1. The fraction of sp³-hybridized carbons (Fsp3) is 0.438. The van der Waals surface area contributed by atoms with Gasteiger partial charge in [-0.1, -0.05) is 6.42 Å². The number of rotatable bonds is 4. The van der Waals surface area contributed by atoms with Crippen LogP contribution in [0.1, 0.15) is 30.7 Å². The molecule has 7 nitrogen and oxygen atoms in total. The fourth-order valence-electron chi connectivity index (χ4n) is 3.29. The Morgan fingerprint density at radius 2 is 2.12 bits per heavy atom. The normalized spacial score (nSPS) is 16.0. The van der Waals surface area contributed by atoms with Gasteiger partial charge in [0.1, 0.15) is 10.6 Å². The zero-order chi connectivity index (χ0) is 16.7. The maximum Gasteiger partial charge on any atom is 0.433 e. The van der Waals surface area contributed by atoms with Crippen LogP contribution in [-0.2, 0) is 6.54 Å². The summed E-state index contributed by atoms with van der Waals surface area (Å²) in [5, 5.41) is 13.0. The van der Waals surface area contributed by atoms with Crippen molar-refractivity contribution >= 4 is 22.2 Å². The maximum absolute atomic E-state index is 10.9. The maximum atomic E-state index is 10.9. The highest BCUT2D eigenvalue weighted by molar-refractivity contribution is 7.15. The molecular formula is C16H18N4O3S. The van der Waals surface area contributed by atoms with E-state index in [-0.39, 0.29) is 5.88 Å². The van der Waals surface area contributed by atoms with E-state index in [4.69, 9.17) is 4.42 Å². The zero-order valence-corrected chi connectivity index (χ0v) is 14.2. The average Bonchev–Trinajstić information content (AvgIpc) is 3.26. The summed E-state index contributed by atoms with van der Waals surface area (Å²) < 4.78 is 7.55. The minimum absolute atomic E-state index is 0.248. The molecule has 3 aromatic heterocycles. The summed E-state index contributed by atoms with van der Waals surface area (Å²) in [6, 6.07) is 3.03. The Bertz CT molecular complexity index is 889. The van der Waals surface area contributed by atoms with Gasteiger partial charge in [0.15, 0.2) is 10.7 Å². The Labute approximate surface area is 142 Å². The van der Waals surface area contributed by atoms with Gasteiger partial charge in [-0.15, -0.1) is 11.3 Å². The van der Waals surface area contributed by atoms with Gasteiger partial charge in [-0.05, 0) is 38.9 Å². The Morgan fingerprint density at radius 1 is 1.33 bits per heavy atom. The molecule has 24 heavy (non-hydrogen) atoms. The van der Waals surface area contributed by atoms with Gasteiger partial charge in [-0.2, -0.15) is 0 Å². The van der Waals surface area contributed by atoms with Crippen LogP contribution in [0.15, 0.2) is 21.9 Å². The van der Waals surface area contributed by atoms with E-state index in [1.54, 1.807) is 17.4 Å². The van der Waals surface area contributed by atoms with Crippen LogP contribution < -0.4 is 0 Å². The SMILES string of the molecule is Cc1csc2nc(-c3ccc([N+](=O)[O-])o3)c(CN3CCCCC3)n12. The molecule has 126 valence electrons. The molecule has 0 unspecified atom stereocenters. The third kappa shape index (κ3) is 2.61. The van der Waals surface area contributed by atoms with Crippen molar-refractivity contribution in [3.8, 4) is 11.5 Å². The van der Waals surface area contributed by atoms with Crippen molar-refractivity contribution in [1.29, 1.82) is 0 Å². The van der Waals surface area contributed by atoms with Crippen molar-refractivity contribution in [1.82, 2.24) is 14.3 Å². The quantitative estimate of drug-likeness (QED) is 0.529. The first kappa shape index (κ1) is 15.3. The molecule has 0 saturated carbocycles. The van der Waals surface area contributed by atoms with Gasteiger partial charge in [0.25, 0.3) is 0 Å². The van der Waals surface area contributed by atoms with E-state index in [1.807, 2.05) is 0 Å². The van der Waals surface area contributed by atoms with Gasteiger partial charge in [0.2, 0.25) is 0 Å². The van der Waals surface area contributed by atoms with Gasteiger partial charge in [0, 0.05) is 17.6 Å². The summed E-state index contributed by atoms with van der Waals surface area (Å²) in [7, 11) is 0. The predicted octanol–water partition coefficient (Wildman–Crippen LogP) is 3.86. The second-order valence-electron chi connectivity index (χ2n) is 6.13. The standard InChI is InChI=1S/C16H18N4O3S/c1-11-10-24-16-17-15(13-5-6-14(23-13)20(21)22)12(19(11)16)9-18-7-3-2-4-8-18/h5-6,10H,2-4,7-9H2,1H3. The zero-order valence-electron chi connectivity index (χ0n) is 13.4. The Kier molecular flexibility index (Phi) is 3.85. The lowest BCUT2D eigenvalue weighted by molar-refractivity contribution is -0.401. The molecule has 0 atom stereocenters. The number of piperidine rings is 1. The average molecular weight is 346 g/mol. The number of aryl methyl sites for hydroxylation is 1. The van der Waals surface area contributed by atoms with Crippen molar-refractivity contribution < 1.29 is 9.34 Å². The monoisotopic (exact) mass is 346 g/mol. The van der Waals surface area contributed by atoms with Crippen LogP contribution in [0.25, 0.3) is 16.4 Å². The minimum Gasteiger partial charge on any atom is -0.399 e. The molecule has 3 aromatic rings. The highest BCUT2D eigenvalue weighted by Crippen LogP contribution is 2.32. The van der Waals surface area contributed by atoms with Crippen LogP contribution in [0.4, 0.5) is 5.88 Å². The third-order valence-corrected chi connectivity index (χ3v) is 5.40. The van der Waals surface area contributed by atoms with Gasteiger partial charge < -0.3 is 4.42 Å². The lowest BCUT2D eigenvalue weighted by Crippen LogP contribution is -2.29. The number of nitrogens with zero attached hydrogens (tertiary/aromatic N) is 4. The van der Waals surface area contributed by atoms with E-state index in [0.717, 1.165) is 36.0 Å². The first-order chi connectivity index (χ1) is 11.6. The van der Waals surface area contributed by atoms with Gasteiger partial charge in [-0.3, -0.25) is 19.4 Å². The molecule has 0 spiro atoms. The number of imidazole rings is 1. The number of likely N-dealkylation sites (tertiary alicyclic amines) is 1. The van der Waals surface area contributed by atoms with Crippen LogP contribution in [0.3, 0.4) is 0 Å². The van der Waals surface area contributed by atoms with Crippen molar-refractivity contribution in [3.05, 3.63) is 39.0 Å². The van der Waals surface area contributed by atoms with E-state index in [1.165, 1.54) is 25.3 Å². The van der Waals surface area contributed by atoms with Crippen LogP contribution >= 0.6 is 11.3 Å². The van der Waals surface area contributed by atoms with Crippen molar-refractivity contribution in [2.24, 2.45) is 0 Å². The van der Waals surface area contributed by atoms with Crippen LogP contribution in [-0.4, -0.2) is 32.3 Å². The molecule has 1 saturated heterocycles. The lowest BCUT2D eigenvalue weighted by Gasteiger charge is -2.26. The molecule has 1 aliphatic rings. The van der Waals surface area contributed by atoms with E-state index in [0.29, 0.717) is 11.5 Å². The topological polar surface area (TPSA) is 76.8 Å². The summed E-state index contributed by atoms with van der Waals surface area (Å²) in [5.74, 6) is 0.214. The molecule has 0 bridgehead atoms. The predicted molar refractivity (Wildman–Crippen MR) is 91.3 cm³/mol. The highest BCUT2D eigenvalue weighted by atomic mass is 32.1. The van der Waals surface area contributed by atoms with Crippen molar-refractivity contribution in [3.63, 3.8) is 0 Å². The molecule has 0 N–H and O–H groups in total. The molecule has 0 amide bonds.